The molecule has 0 saturated heterocycles. The Balaban J connectivity index is 1.03. The van der Waals surface area contributed by atoms with E-state index in [1.165, 1.54) is 31.3 Å². The Morgan fingerprint density at radius 1 is 0.778 bits per heavy atom. The van der Waals surface area contributed by atoms with Gasteiger partial charge in [0.2, 0.25) is 0 Å². The zero-order valence-corrected chi connectivity index (χ0v) is 31.5. The molecule has 4 aromatic rings. The molecule has 0 spiro atoms. The molecule has 0 fully saturated rings. The standard InChI is InChI=1S/C38H39N4O10PS/c1-4-53(45,20-51-34-17-27-25(15-32(34)49-2)37(43)41-24(19-39-27)13-22-9-5-7-11-29(22)41)21-52-35-18-28-26(16-33(35)50-3)38(44)42-30-12-8-6-10-23(30)14-31(42)36(40-28)54(46,47)48/h5-12,15-18,24,31,36,39-40H,4,13-14,19-21H2,1-3H3,(H,46,47,48)/t24-,31-,36?,53?/m0/s1. The van der Waals surface area contributed by atoms with Gasteiger partial charge in [-0.25, -0.2) is 0 Å². The summed E-state index contributed by atoms with van der Waals surface area (Å²) in [6.07, 6.45) is 0.648. The second kappa shape index (κ2) is 13.6. The third kappa shape index (κ3) is 6.09. The number of hydrogen-bond acceptors (Lipinski definition) is 11. The summed E-state index contributed by atoms with van der Waals surface area (Å²) in [7, 11) is -5.04. The lowest BCUT2D eigenvalue weighted by Gasteiger charge is -2.27. The Bertz CT molecular complexity index is 2350. The lowest BCUT2D eigenvalue weighted by Crippen LogP contribution is -2.49. The fraction of sp³-hybridized carbons (Fsp3) is 0.316. The topological polar surface area (TPSA) is 173 Å². The van der Waals surface area contributed by atoms with Gasteiger partial charge >= 0.3 is 0 Å². The van der Waals surface area contributed by atoms with Crippen molar-refractivity contribution in [3.05, 3.63) is 95.1 Å². The van der Waals surface area contributed by atoms with Crippen LogP contribution >= 0.6 is 7.14 Å². The van der Waals surface area contributed by atoms with Gasteiger partial charge in [0.15, 0.2) is 35.5 Å². The van der Waals surface area contributed by atoms with E-state index >= 15 is 0 Å². The van der Waals surface area contributed by atoms with Crippen LogP contribution in [0.25, 0.3) is 0 Å². The molecule has 16 heteroatoms. The monoisotopic (exact) mass is 774 g/mol. The number of anilines is 4. The molecule has 0 aromatic heterocycles. The molecule has 4 aromatic carbocycles. The van der Waals surface area contributed by atoms with Gasteiger partial charge < -0.3 is 43.9 Å². The fourth-order valence-corrected chi connectivity index (χ4v) is 9.78. The first-order chi connectivity index (χ1) is 25.9. The van der Waals surface area contributed by atoms with Crippen molar-refractivity contribution in [1.82, 2.24) is 0 Å². The molecule has 4 atom stereocenters. The molecule has 0 aliphatic carbocycles. The first-order valence-corrected chi connectivity index (χ1v) is 21.3. The molecule has 14 nitrogen and oxygen atoms in total. The zero-order valence-electron chi connectivity index (χ0n) is 29.8. The normalized spacial score (nSPS) is 20.7. The van der Waals surface area contributed by atoms with Crippen LogP contribution in [0.5, 0.6) is 23.0 Å². The van der Waals surface area contributed by atoms with Crippen LogP contribution in [-0.2, 0) is 27.5 Å². The molecular weight excluding hydrogens is 735 g/mol. The highest BCUT2D eigenvalue weighted by Crippen LogP contribution is 2.49. The van der Waals surface area contributed by atoms with E-state index in [9.17, 15) is 27.1 Å². The summed E-state index contributed by atoms with van der Waals surface area (Å²) in [5.74, 6) is 0.241. The van der Waals surface area contributed by atoms with Gasteiger partial charge in [-0.1, -0.05) is 43.3 Å². The number of fused-ring (bicyclic) bond motifs is 8. The van der Waals surface area contributed by atoms with Gasteiger partial charge in [-0.3, -0.25) is 14.1 Å². The SMILES string of the molecule is CCP(=O)(COc1cc2c(cc1OC)C(=O)N1c3ccccc3C[C@H]1CN2)COc1cc2c(cc1OC)C(=O)N1c3ccccc3C[C@H]1C(S(=O)(=O)O)N2. The minimum absolute atomic E-state index is 0.0544. The van der Waals surface area contributed by atoms with Gasteiger partial charge in [-0.2, -0.15) is 8.42 Å². The maximum Gasteiger partial charge on any atom is 0.288 e. The molecule has 282 valence electrons. The van der Waals surface area contributed by atoms with E-state index < -0.39 is 34.6 Å². The van der Waals surface area contributed by atoms with E-state index in [4.69, 9.17) is 18.9 Å². The number of para-hydroxylation sites is 2. The van der Waals surface area contributed by atoms with E-state index in [2.05, 4.69) is 10.6 Å². The highest BCUT2D eigenvalue weighted by Gasteiger charge is 2.47. The maximum absolute atomic E-state index is 14.2. The van der Waals surface area contributed by atoms with Crippen molar-refractivity contribution in [3.8, 4) is 23.0 Å². The average molecular weight is 775 g/mol. The van der Waals surface area contributed by atoms with E-state index in [1.807, 2.05) is 35.2 Å². The Hall–Kier alpha value is -5.24. The smallest absolute Gasteiger partial charge is 0.288 e. The number of carbonyl (C=O) groups excluding carboxylic acids is 2. The lowest BCUT2D eigenvalue weighted by atomic mass is 10.1. The molecule has 54 heavy (non-hydrogen) atoms. The molecule has 0 saturated carbocycles. The number of nitrogens with zero attached hydrogens (tertiary/aromatic N) is 2. The van der Waals surface area contributed by atoms with Crippen LogP contribution in [0.1, 0.15) is 38.8 Å². The average Bonchev–Trinajstić information content (AvgIpc) is 3.67. The van der Waals surface area contributed by atoms with Gasteiger partial charge in [0.05, 0.1) is 48.8 Å². The van der Waals surface area contributed by atoms with Crippen LogP contribution in [0.2, 0.25) is 0 Å². The van der Waals surface area contributed by atoms with Crippen molar-refractivity contribution in [1.29, 1.82) is 0 Å². The number of rotatable bonds is 10. The van der Waals surface area contributed by atoms with Crippen molar-refractivity contribution in [2.75, 3.05) is 60.1 Å². The second-order valence-electron chi connectivity index (χ2n) is 13.7. The van der Waals surface area contributed by atoms with Crippen LogP contribution in [0.4, 0.5) is 22.7 Å². The first-order valence-electron chi connectivity index (χ1n) is 17.5. The number of ether oxygens (including phenoxy) is 4. The molecular formula is C38H39N4O10PS. The number of carbonyl (C=O) groups is 2. The summed E-state index contributed by atoms with van der Waals surface area (Å²) in [6, 6.07) is 20.2. The van der Waals surface area contributed by atoms with Gasteiger partial charge in [0.25, 0.3) is 21.9 Å². The molecule has 2 unspecified atom stereocenters. The summed E-state index contributed by atoms with van der Waals surface area (Å²) < 4.78 is 73.4. The Morgan fingerprint density at radius 2 is 1.31 bits per heavy atom. The highest BCUT2D eigenvalue weighted by molar-refractivity contribution is 7.86. The summed E-state index contributed by atoms with van der Waals surface area (Å²) >= 11 is 0. The number of methoxy groups -OCH3 is 2. The van der Waals surface area contributed by atoms with Crippen LogP contribution in [0, 0.1) is 0 Å². The highest BCUT2D eigenvalue weighted by atomic mass is 32.2. The third-order valence-corrected chi connectivity index (χ3v) is 14.0. The quantitative estimate of drug-likeness (QED) is 0.133. The second-order valence-corrected chi connectivity index (χ2v) is 18.5. The predicted octanol–water partition coefficient (Wildman–Crippen LogP) is 5.67. The van der Waals surface area contributed by atoms with Gasteiger partial charge in [-0.15, -0.1) is 0 Å². The number of benzene rings is 4. The first kappa shape index (κ1) is 35.8. The molecule has 0 bridgehead atoms. The van der Waals surface area contributed by atoms with Gasteiger partial charge in [0, 0.05) is 36.2 Å². The number of hydrogen-bond donors (Lipinski definition) is 3. The minimum atomic E-state index is -4.70. The number of amides is 2. The predicted molar refractivity (Wildman–Crippen MR) is 204 cm³/mol. The summed E-state index contributed by atoms with van der Waals surface area (Å²) in [5, 5.41) is 4.72. The lowest BCUT2D eigenvalue weighted by molar-refractivity contribution is 0.0974. The van der Waals surface area contributed by atoms with E-state index in [0.717, 1.165) is 23.2 Å². The number of nitrogens with one attached hydrogen (secondary N) is 2. The van der Waals surface area contributed by atoms with Crippen molar-refractivity contribution >= 4 is 51.8 Å². The molecule has 2 amide bonds. The Morgan fingerprint density at radius 3 is 1.91 bits per heavy atom. The van der Waals surface area contributed by atoms with Gasteiger partial charge in [-0.05, 0) is 48.2 Å². The molecule has 3 N–H and O–H groups in total. The van der Waals surface area contributed by atoms with Crippen molar-refractivity contribution in [2.24, 2.45) is 0 Å². The van der Waals surface area contributed by atoms with E-state index in [-0.39, 0.29) is 60.0 Å². The summed E-state index contributed by atoms with van der Waals surface area (Å²) in [6.45, 7) is 2.28. The van der Waals surface area contributed by atoms with Crippen molar-refractivity contribution in [2.45, 2.75) is 37.2 Å². The molecule has 0 radical (unpaired) electrons. The molecule has 8 rings (SSSR count). The fourth-order valence-electron chi connectivity index (χ4n) is 7.70. The van der Waals surface area contributed by atoms with E-state index in [1.54, 1.807) is 37.3 Å². The summed E-state index contributed by atoms with van der Waals surface area (Å²) in [4.78, 5) is 31.1. The van der Waals surface area contributed by atoms with E-state index in [0.29, 0.717) is 35.0 Å². The third-order valence-electron chi connectivity index (χ3n) is 10.6. The van der Waals surface area contributed by atoms with Crippen molar-refractivity contribution < 1.29 is 46.1 Å². The van der Waals surface area contributed by atoms with Crippen LogP contribution in [-0.4, -0.2) is 81.9 Å². The Kier molecular flexibility index (Phi) is 8.98. The van der Waals surface area contributed by atoms with Crippen LogP contribution < -0.4 is 39.4 Å². The molecule has 4 aliphatic rings. The summed E-state index contributed by atoms with van der Waals surface area (Å²) in [5.41, 5.74) is 4.57. The largest absolute Gasteiger partial charge is 0.493 e. The molecule has 4 aliphatic heterocycles. The minimum Gasteiger partial charge on any atom is -0.493 e. The zero-order chi connectivity index (χ0) is 37.9. The van der Waals surface area contributed by atoms with Crippen LogP contribution in [0.3, 0.4) is 0 Å². The van der Waals surface area contributed by atoms with Crippen molar-refractivity contribution in [3.63, 3.8) is 0 Å². The maximum atomic E-state index is 14.2. The van der Waals surface area contributed by atoms with Crippen LogP contribution in [0.15, 0.2) is 72.8 Å². The Labute approximate surface area is 312 Å². The molecule has 4 heterocycles. The van der Waals surface area contributed by atoms with Gasteiger partial charge in [0.1, 0.15) is 12.7 Å².